The summed E-state index contributed by atoms with van der Waals surface area (Å²) >= 11 is 0. The zero-order chi connectivity index (χ0) is 18.8. The standard InChI is InChI=1S/C20H16N6O/c1-13-8-15(5-6-19(13)27-12-14-4-3-7-22-11-14)16-9-18-20(17(10-21)23-16)24-25-26(18)2/h3-9,11H,12H2,1-2H3. The van der Waals surface area contributed by atoms with Crippen LogP contribution in [0.2, 0.25) is 0 Å². The van der Waals surface area contributed by atoms with Gasteiger partial charge in [-0.25, -0.2) is 9.67 Å². The molecule has 132 valence electrons. The van der Waals surface area contributed by atoms with Gasteiger partial charge in [0.15, 0.2) is 5.69 Å². The van der Waals surface area contributed by atoms with Crippen LogP contribution < -0.4 is 4.74 Å². The van der Waals surface area contributed by atoms with Gasteiger partial charge in [-0.1, -0.05) is 11.3 Å². The number of ether oxygens (including phenoxy) is 1. The Labute approximate surface area is 155 Å². The number of aryl methyl sites for hydroxylation is 2. The second-order valence-electron chi connectivity index (χ2n) is 6.18. The van der Waals surface area contributed by atoms with Gasteiger partial charge in [-0.05, 0) is 42.8 Å². The summed E-state index contributed by atoms with van der Waals surface area (Å²) in [4.78, 5) is 8.53. The first-order valence-electron chi connectivity index (χ1n) is 8.39. The van der Waals surface area contributed by atoms with Crippen LogP contribution >= 0.6 is 0 Å². The van der Waals surface area contributed by atoms with E-state index in [1.807, 2.05) is 43.3 Å². The molecule has 3 aromatic heterocycles. The molecule has 0 aliphatic rings. The minimum Gasteiger partial charge on any atom is -0.489 e. The lowest BCUT2D eigenvalue weighted by atomic mass is 10.1. The number of nitrogens with zero attached hydrogens (tertiary/aromatic N) is 6. The lowest BCUT2D eigenvalue weighted by molar-refractivity contribution is 0.303. The third-order valence-corrected chi connectivity index (χ3v) is 4.29. The molecule has 3 heterocycles. The second kappa shape index (κ2) is 6.84. The molecule has 0 fully saturated rings. The van der Waals surface area contributed by atoms with Crippen molar-refractivity contribution in [3.63, 3.8) is 0 Å². The predicted molar refractivity (Wildman–Crippen MR) is 99.8 cm³/mol. The van der Waals surface area contributed by atoms with Crippen LogP contribution in [-0.2, 0) is 13.7 Å². The largest absolute Gasteiger partial charge is 0.489 e. The van der Waals surface area contributed by atoms with Gasteiger partial charge in [-0.15, -0.1) is 5.10 Å². The fraction of sp³-hybridized carbons (Fsp3) is 0.150. The molecule has 27 heavy (non-hydrogen) atoms. The van der Waals surface area contributed by atoms with Crippen LogP contribution in [0.4, 0.5) is 0 Å². The molecule has 1 aromatic carbocycles. The maximum Gasteiger partial charge on any atom is 0.170 e. The Balaban J connectivity index is 1.65. The third-order valence-electron chi connectivity index (χ3n) is 4.29. The van der Waals surface area contributed by atoms with Gasteiger partial charge < -0.3 is 4.74 Å². The van der Waals surface area contributed by atoms with E-state index < -0.39 is 0 Å². The van der Waals surface area contributed by atoms with Gasteiger partial charge in [0.25, 0.3) is 0 Å². The second-order valence-corrected chi connectivity index (χ2v) is 6.18. The molecule has 4 aromatic rings. The van der Waals surface area contributed by atoms with Gasteiger partial charge in [-0.3, -0.25) is 4.98 Å². The van der Waals surface area contributed by atoms with Gasteiger partial charge in [-0.2, -0.15) is 5.26 Å². The number of nitriles is 1. The molecule has 0 N–H and O–H groups in total. The van der Waals surface area contributed by atoms with Crippen molar-refractivity contribution in [1.29, 1.82) is 5.26 Å². The normalized spacial score (nSPS) is 10.7. The number of hydrogen-bond acceptors (Lipinski definition) is 6. The summed E-state index contributed by atoms with van der Waals surface area (Å²) in [6, 6.07) is 13.7. The topological polar surface area (TPSA) is 89.5 Å². The van der Waals surface area contributed by atoms with Crippen molar-refractivity contribution in [3.05, 3.63) is 65.6 Å². The van der Waals surface area contributed by atoms with Crippen molar-refractivity contribution < 1.29 is 4.74 Å². The molecule has 7 nitrogen and oxygen atoms in total. The molecule has 0 aliphatic heterocycles. The average Bonchev–Trinajstić information content (AvgIpc) is 3.08. The SMILES string of the molecule is Cc1cc(-c2cc3c(nnn3C)c(C#N)n2)ccc1OCc1cccnc1. The Hall–Kier alpha value is -3.79. The fourth-order valence-electron chi connectivity index (χ4n) is 2.87. The Kier molecular flexibility index (Phi) is 4.22. The highest BCUT2D eigenvalue weighted by atomic mass is 16.5. The molecule has 0 saturated carbocycles. The number of rotatable bonds is 4. The van der Waals surface area contributed by atoms with E-state index in [-0.39, 0.29) is 5.69 Å². The predicted octanol–water partition coefficient (Wildman–Crippen LogP) is 3.18. The summed E-state index contributed by atoms with van der Waals surface area (Å²) in [6.45, 7) is 2.44. The number of pyridine rings is 2. The van der Waals surface area contributed by atoms with Gasteiger partial charge in [0.05, 0.1) is 11.2 Å². The summed E-state index contributed by atoms with van der Waals surface area (Å²) in [7, 11) is 1.79. The minimum absolute atomic E-state index is 0.269. The van der Waals surface area contributed by atoms with Gasteiger partial charge in [0.1, 0.15) is 23.9 Å². The minimum atomic E-state index is 0.269. The van der Waals surface area contributed by atoms with Crippen LogP contribution in [0.3, 0.4) is 0 Å². The van der Waals surface area contributed by atoms with Gasteiger partial charge in [0, 0.05) is 30.6 Å². The summed E-state index contributed by atoms with van der Waals surface area (Å²) < 4.78 is 7.54. The molecular formula is C20H16N6O. The van der Waals surface area contributed by atoms with Crippen LogP contribution in [0.1, 0.15) is 16.8 Å². The van der Waals surface area contributed by atoms with E-state index in [9.17, 15) is 5.26 Å². The van der Waals surface area contributed by atoms with Crippen LogP contribution in [0.25, 0.3) is 22.3 Å². The number of aromatic nitrogens is 5. The molecule has 7 heteroatoms. The van der Waals surface area contributed by atoms with Crippen LogP contribution in [-0.4, -0.2) is 25.0 Å². The van der Waals surface area contributed by atoms with Crippen molar-refractivity contribution in [3.8, 4) is 23.1 Å². The van der Waals surface area contributed by atoms with Crippen molar-refractivity contribution in [1.82, 2.24) is 25.0 Å². The van der Waals surface area contributed by atoms with Crippen LogP contribution in [0.5, 0.6) is 5.75 Å². The first-order valence-corrected chi connectivity index (χ1v) is 8.39. The van der Waals surface area contributed by atoms with E-state index >= 15 is 0 Å². The first-order chi connectivity index (χ1) is 13.2. The first kappa shape index (κ1) is 16.7. The van der Waals surface area contributed by atoms with E-state index in [1.54, 1.807) is 24.1 Å². The smallest absolute Gasteiger partial charge is 0.170 e. The van der Waals surface area contributed by atoms with Crippen molar-refractivity contribution in [2.75, 3.05) is 0 Å². The quantitative estimate of drug-likeness (QED) is 0.558. The van der Waals surface area contributed by atoms with Gasteiger partial charge >= 0.3 is 0 Å². The monoisotopic (exact) mass is 356 g/mol. The van der Waals surface area contributed by atoms with E-state index in [0.29, 0.717) is 17.8 Å². The maximum atomic E-state index is 9.38. The fourth-order valence-corrected chi connectivity index (χ4v) is 2.87. The highest BCUT2D eigenvalue weighted by Gasteiger charge is 2.13. The Morgan fingerprint density at radius 2 is 2.11 bits per heavy atom. The van der Waals surface area contributed by atoms with E-state index in [2.05, 4.69) is 26.3 Å². The number of hydrogen-bond donors (Lipinski definition) is 0. The Morgan fingerprint density at radius 3 is 2.85 bits per heavy atom. The average molecular weight is 356 g/mol. The number of fused-ring (bicyclic) bond motifs is 1. The van der Waals surface area contributed by atoms with Crippen molar-refractivity contribution >= 4 is 11.0 Å². The molecule has 0 radical (unpaired) electrons. The Morgan fingerprint density at radius 1 is 1.22 bits per heavy atom. The van der Waals surface area contributed by atoms with E-state index in [0.717, 1.165) is 28.0 Å². The molecule has 0 unspecified atom stereocenters. The summed E-state index contributed by atoms with van der Waals surface area (Å²) in [5.41, 5.74) is 5.15. The van der Waals surface area contributed by atoms with Gasteiger partial charge in [0.2, 0.25) is 0 Å². The summed E-state index contributed by atoms with van der Waals surface area (Å²) in [5, 5.41) is 17.4. The summed E-state index contributed by atoms with van der Waals surface area (Å²) in [5.74, 6) is 0.798. The maximum absolute atomic E-state index is 9.38. The van der Waals surface area contributed by atoms with Crippen LogP contribution in [0, 0.1) is 18.3 Å². The molecule has 0 atom stereocenters. The molecule has 0 bridgehead atoms. The molecule has 0 amide bonds. The lowest BCUT2D eigenvalue weighted by Crippen LogP contribution is -1.98. The highest BCUT2D eigenvalue weighted by Crippen LogP contribution is 2.28. The van der Waals surface area contributed by atoms with Crippen LogP contribution in [0.15, 0.2) is 48.8 Å². The molecule has 4 rings (SSSR count). The molecule has 0 aliphatic carbocycles. The summed E-state index contributed by atoms with van der Waals surface area (Å²) in [6.07, 6.45) is 3.52. The molecule has 0 saturated heterocycles. The lowest BCUT2D eigenvalue weighted by Gasteiger charge is -2.11. The van der Waals surface area contributed by atoms with Crippen molar-refractivity contribution in [2.45, 2.75) is 13.5 Å². The van der Waals surface area contributed by atoms with Crippen molar-refractivity contribution in [2.24, 2.45) is 7.05 Å². The third kappa shape index (κ3) is 3.20. The molecular weight excluding hydrogens is 340 g/mol. The highest BCUT2D eigenvalue weighted by molar-refractivity contribution is 5.83. The van der Waals surface area contributed by atoms with E-state index in [1.165, 1.54) is 0 Å². The zero-order valence-electron chi connectivity index (χ0n) is 14.9. The zero-order valence-corrected chi connectivity index (χ0v) is 14.9. The Bertz CT molecular complexity index is 1160. The number of benzene rings is 1. The molecule has 0 spiro atoms. The van der Waals surface area contributed by atoms with E-state index in [4.69, 9.17) is 4.74 Å².